The van der Waals surface area contributed by atoms with Crippen LogP contribution in [0.4, 0.5) is 0 Å². The SMILES string of the molecule is COc1ccccc1Cc1noc(C2CN(C(=O)C(C)(C)Oc3ccc(Cl)cc3)C2)n1. The number of nitrogens with zero attached hydrogens (tertiary/aromatic N) is 3. The quantitative estimate of drug-likeness (QED) is 0.549. The zero-order valence-corrected chi connectivity index (χ0v) is 18.4. The van der Waals surface area contributed by atoms with Gasteiger partial charge in [0.15, 0.2) is 11.4 Å². The van der Waals surface area contributed by atoms with E-state index in [1.165, 1.54) is 0 Å². The van der Waals surface area contributed by atoms with Gasteiger partial charge in [-0.1, -0.05) is 35.0 Å². The molecule has 0 unspecified atom stereocenters. The van der Waals surface area contributed by atoms with Crippen LogP contribution in [-0.2, 0) is 11.2 Å². The fraction of sp³-hybridized carbons (Fsp3) is 0.348. The number of carbonyl (C=O) groups excluding carboxylic acids is 1. The van der Waals surface area contributed by atoms with E-state index in [4.69, 9.17) is 25.6 Å². The van der Waals surface area contributed by atoms with Crippen molar-refractivity contribution in [1.82, 2.24) is 15.0 Å². The highest BCUT2D eigenvalue weighted by atomic mass is 35.5. The van der Waals surface area contributed by atoms with Gasteiger partial charge in [0.2, 0.25) is 5.89 Å². The summed E-state index contributed by atoms with van der Waals surface area (Å²) in [5.41, 5.74) is -0.00767. The van der Waals surface area contributed by atoms with E-state index < -0.39 is 5.60 Å². The zero-order valence-electron chi connectivity index (χ0n) is 17.7. The van der Waals surface area contributed by atoms with Crippen LogP contribution in [0.15, 0.2) is 53.1 Å². The van der Waals surface area contributed by atoms with Crippen LogP contribution in [0.2, 0.25) is 5.02 Å². The maximum Gasteiger partial charge on any atom is 0.266 e. The molecule has 0 bridgehead atoms. The standard InChI is InChI=1S/C23H24ClN3O4/c1-23(2,30-18-10-8-17(24)9-11-18)22(28)27-13-16(14-27)21-25-20(26-31-21)12-15-6-4-5-7-19(15)29-3/h4-11,16H,12-14H2,1-3H3. The van der Waals surface area contributed by atoms with Crippen molar-refractivity contribution < 1.29 is 18.8 Å². The molecule has 0 saturated carbocycles. The summed E-state index contributed by atoms with van der Waals surface area (Å²) in [6.45, 7) is 4.55. The second-order valence-electron chi connectivity index (χ2n) is 8.01. The number of aromatic nitrogens is 2. The number of hydrogen-bond acceptors (Lipinski definition) is 6. The molecule has 1 saturated heterocycles. The van der Waals surface area contributed by atoms with Crippen LogP contribution in [0.25, 0.3) is 0 Å². The normalized spacial score (nSPS) is 14.3. The van der Waals surface area contributed by atoms with E-state index in [1.807, 2.05) is 24.3 Å². The third-order valence-electron chi connectivity index (χ3n) is 5.24. The molecule has 0 atom stereocenters. The summed E-state index contributed by atoms with van der Waals surface area (Å²) in [6, 6.07) is 14.7. The van der Waals surface area contributed by atoms with Crippen molar-refractivity contribution in [2.75, 3.05) is 20.2 Å². The lowest BCUT2D eigenvalue weighted by Gasteiger charge is -2.41. The Labute approximate surface area is 185 Å². The Hall–Kier alpha value is -3.06. The predicted octanol–water partition coefficient (Wildman–Crippen LogP) is 4.11. The summed E-state index contributed by atoms with van der Waals surface area (Å²) in [5, 5.41) is 4.71. The Kier molecular flexibility index (Phi) is 5.87. The van der Waals surface area contributed by atoms with Crippen LogP contribution in [-0.4, -0.2) is 46.7 Å². The minimum Gasteiger partial charge on any atom is -0.496 e. The highest BCUT2D eigenvalue weighted by Gasteiger charge is 2.42. The molecule has 31 heavy (non-hydrogen) atoms. The number of amides is 1. The molecule has 0 N–H and O–H groups in total. The fourth-order valence-electron chi connectivity index (χ4n) is 3.55. The van der Waals surface area contributed by atoms with Crippen LogP contribution >= 0.6 is 11.6 Å². The van der Waals surface area contributed by atoms with E-state index >= 15 is 0 Å². The van der Waals surface area contributed by atoms with Gasteiger partial charge in [0, 0.05) is 30.1 Å². The number of benzene rings is 2. The number of para-hydroxylation sites is 1. The van der Waals surface area contributed by atoms with Gasteiger partial charge in [-0.2, -0.15) is 4.98 Å². The number of likely N-dealkylation sites (tertiary alicyclic amines) is 1. The van der Waals surface area contributed by atoms with Gasteiger partial charge >= 0.3 is 0 Å². The smallest absolute Gasteiger partial charge is 0.266 e. The average molecular weight is 442 g/mol. The van der Waals surface area contributed by atoms with Crippen molar-refractivity contribution in [3.63, 3.8) is 0 Å². The number of methoxy groups -OCH3 is 1. The van der Waals surface area contributed by atoms with E-state index in [9.17, 15) is 4.79 Å². The molecule has 1 amide bonds. The van der Waals surface area contributed by atoms with Gasteiger partial charge in [0.25, 0.3) is 5.91 Å². The Morgan fingerprint density at radius 1 is 1.19 bits per heavy atom. The number of hydrogen-bond donors (Lipinski definition) is 0. The zero-order chi connectivity index (χ0) is 22.0. The highest BCUT2D eigenvalue weighted by molar-refractivity contribution is 6.30. The Balaban J connectivity index is 1.34. The van der Waals surface area contributed by atoms with E-state index in [0.717, 1.165) is 11.3 Å². The summed E-state index contributed by atoms with van der Waals surface area (Å²) in [7, 11) is 1.64. The van der Waals surface area contributed by atoms with Gasteiger partial charge in [-0.3, -0.25) is 4.79 Å². The van der Waals surface area contributed by atoms with Crippen molar-refractivity contribution in [2.24, 2.45) is 0 Å². The first-order valence-electron chi connectivity index (χ1n) is 10.0. The molecular formula is C23H24ClN3O4. The molecule has 2 aromatic carbocycles. The number of rotatable bonds is 7. The number of carbonyl (C=O) groups is 1. The van der Waals surface area contributed by atoms with Crippen LogP contribution in [0, 0.1) is 0 Å². The van der Waals surface area contributed by atoms with Gasteiger partial charge in [-0.25, -0.2) is 0 Å². The van der Waals surface area contributed by atoms with Crippen molar-refractivity contribution in [3.05, 3.63) is 70.8 Å². The maximum absolute atomic E-state index is 12.9. The van der Waals surface area contributed by atoms with E-state index in [-0.39, 0.29) is 11.8 Å². The molecule has 3 aromatic rings. The van der Waals surface area contributed by atoms with Crippen LogP contribution in [0.1, 0.15) is 37.0 Å². The van der Waals surface area contributed by atoms with Crippen molar-refractivity contribution in [2.45, 2.75) is 31.8 Å². The molecule has 1 aliphatic rings. The van der Waals surface area contributed by atoms with E-state index in [0.29, 0.717) is 42.0 Å². The molecule has 1 fully saturated rings. The molecule has 8 heteroatoms. The molecule has 2 heterocycles. The molecule has 0 spiro atoms. The lowest BCUT2D eigenvalue weighted by molar-refractivity contribution is -0.150. The first kappa shape index (κ1) is 21.2. The Morgan fingerprint density at radius 3 is 2.61 bits per heavy atom. The minimum atomic E-state index is -0.997. The van der Waals surface area contributed by atoms with Crippen molar-refractivity contribution in [3.8, 4) is 11.5 Å². The van der Waals surface area contributed by atoms with Crippen LogP contribution in [0.5, 0.6) is 11.5 Å². The molecular weight excluding hydrogens is 418 g/mol. The Morgan fingerprint density at radius 2 is 1.90 bits per heavy atom. The maximum atomic E-state index is 12.9. The minimum absolute atomic E-state index is 0.0224. The predicted molar refractivity (Wildman–Crippen MR) is 116 cm³/mol. The van der Waals surface area contributed by atoms with Crippen LogP contribution in [0.3, 0.4) is 0 Å². The number of halogens is 1. The highest BCUT2D eigenvalue weighted by Crippen LogP contribution is 2.30. The first-order valence-corrected chi connectivity index (χ1v) is 10.4. The molecule has 7 nitrogen and oxygen atoms in total. The lowest BCUT2D eigenvalue weighted by Crippen LogP contribution is -2.57. The third-order valence-corrected chi connectivity index (χ3v) is 5.50. The number of ether oxygens (including phenoxy) is 2. The largest absolute Gasteiger partial charge is 0.496 e. The summed E-state index contributed by atoms with van der Waals surface area (Å²) in [4.78, 5) is 19.2. The first-order chi connectivity index (χ1) is 14.9. The van der Waals surface area contributed by atoms with Gasteiger partial charge in [-0.05, 0) is 44.2 Å². The monoisotopic (exact) mass is 441 g/mol. The molecule has 1 aliphatic heterocycles. The summed E-state index contributed by atoms with van der Waals surface area (Å²) < 4.78 is 16.7. The summed E-state index contributed by atoms with van der Waals surface area (Å²) >= 11 is 5.91. The van der Waals surface area contributed by atoms with E-state index in [2.05, 4.69) is 10.1 Å². The molecule has 162 valence electrons. The van der Waals surface area contributed by atoms with Crippen molar-refractivity contribution >= 4 is 17.5 Å². The third kappa shape index (κ3) is 4.66. The van der Waals surface area contributed by atoms with E-state index in [1.54, 1.807) is 50.1 Å². The fourth-order valence-corrected chi connectivity index (χ4v) is 3.67. The summed E-state index contributed by atoms with van der Waals surface area (Å²) in [5.74, 6) is 2.46. The summed E-state index contributed by atoms with van der Waals surface area (Å²) in [6.07, 6.45) is 0.519. The topological polar surface area (TPSA) is 77.7 Å². The van der Waals surface area contributed by atoms with Gasteiger partial charge in [-0.15, -0.1) is 0 Å². The second kappa shape index (κ2) is 8.59. The van der Waals surface area contributed by atoms with Crippen LogP contribution < -0.4 is 9.47 Å². The lowest BCUT2D eigenvalue weighted by atomic mass is 9.96. The second-order valence-corrected chi connectivity index (χ2v) is 8.45. The average Bonchev–Trinajstić information content (AvgIpc) is 3.16. The molecule has 4 rings (SSSR count). The Bertz CT molecular complexity index is 1060. The molecule has 0 aliphatic carbocycles. The van der Waals surface area contributed by atoms with Crippen molar-refractivity contribution in [1.29, 1.82) is 0 Å². The van der Waals surface area contributed by atoms with Gasteiger partial charge < -0.3 is 18.9 Å². The van der Waals surface area contributed by atoms with Gasteiger partial charge in [0.05, 0.1) is 13.0 Å². The molecule has 0 radical (unpaired) electrons. The molecule has 1 aromatic heterocycles. The van der Waals surface area contributed by atoms with Gasteiger partial charge in [0.1, 0.15) is 11.5 Å².